The summed E-state index contributed by atoms with van der Waals surface area (Å²) in [5.74, 6) is -0.875. The number of carboxylic acids is 1. The second kappa shape index (κ2) is 5.07. The van der Waals surface area contributed by atoms with Gasteiger partial charge in [-0.05, 0) is 18.3 Å². The molecule has 1 saturated heterocycles. The minimum absolute atomic E-state index is 0.112. The quantitative estimate of drug-likeness (QED) is 0.673. The fourth-order valence-electron chi connectivity index (χ4n) is 2.28. The Kier molecular flexibility index (Phi) is 3.61. The van der Waals surface area contributed by atoms with Crippen LogP contribution in [0, 0.1) is 15.5 Å². The number of nitrogens with zero attached hydrogens (tertiary/aromatic N) is 3. The molecule has 0 atom stereocenters. The maximum atomic E-state index is 11.3. The summed E-state index contributed by atoms with van der Waals surface area (Å²) in [5.41, 5.74) is -0.178. The first-order valence-electron chi connectivity index (χ1n) is 6.43. The van der Waals surface area contributed by atoms with Gasteiger partial charge in [-0.3, -0.25) is 10.1 Å². The van der Waals surface area contributed by atoms with E-state index in [1.54, 1.807) is 0 Å². The van der Waals surface area contributed by atoms with E-state index < -0.39 is 10.9 Å². The number of hydrogen-bond donors (Lipinski definition) is 1. The molecule has 0 saturated carbocycles. The third-order valence-electron chi connectivity index (χ3n) is 3.71. The summed E-state index contributed by atoms with van der Waals surface area (Å²) in [6, 6.07) is 1.07. The molecule has 7 nitrogen and oxygen atoms in total. The molecule has 1 aliphatic rings. The minimum atomic E-state index is -1.19. The molecular weight excluding hydrogens is 262 g/mol. The van der Waals surface area contributed by atoms with Crippen LogP contribution in [0.1, 0.15) is 37.0 Å². The lowest BCUT2D eigenvalue weighted by molar-refractivity contribution is -0.385. The predicted molar refractivity (Wildman–Crippen MR) is 73.1 cm³/mol. The van der Waals surface area contributed by atoms with Crippen LogP contribution in [0.25, 0.3) is 0 Å². The number of piperidine rings is 1. The molecule has 7 heteroatoms. The molecule has 0 radical (unpaired) electrons. The Bertz CT molecular complexity index is 547. The lowest BCUT2D eigenvalue weighted by Crippen LogP contribution is -2.38. The number of aromatic nitrogens is 1. The number of anilines is 1. The third-order valence-corrected chi connectivity index (χ3v) is 3.71. The van der Waals surface area contributed by atoms with Gasteiger partial charge in [-0.2, -0.15) is 0 Å². The van der Waals surface area contributed by atoms with E-state index in [1.807, 2.05) is 4.90 Å². The first-order valence-corrected chi connectivity index (χ1v) is 6.43. The van der Waals surface area contributed by atoms with Crippen molar-refractivity contribution in [1.29, 1.82) is 0 Å². The molecule has 0 amide bonds. The number of pyridine rings is 1. The van der Waals surface area contributed by atoms with Gasteiger partial charge in [0.25, 0.3) is 5.69 Å². The van der Waals surface area contributed by atoms with Crippen molar-refractivity contribution in [1.82, 2.24) is 4.98 Å². The van der Waals surface area contributed by atoms with Crippen LogP contribution in [0.3, 0.4) is 0 Å². The molecule has 0 spiro atoms. The smallest absolute Gasteiger partial charge is 0.339 e. The summed E-state index contributed by atoms with van der Waals surface area (Å²) in [4.78, 5) is 27.2. The lowest BCUT2D eigenvalue weighted by atomic mass is 9.82. The van der Waals surface area contributed by atoms with Crippen molar-refractivity contribution >= 4 is 17.5 Å². The largest absolute Gasteiger partial charge is 0.478 e. The normalized spacial score (nSPS) is 17.8. The maximum Gasteiger partial charge on any atom is 0.339 e. The molecule has 1 N–H and O–H groups in total. The molecule has 20 heavy (non-hydrogen) atoms. The number of carbonyl (C=O) groups is 1. The van der Waals surface area contributed by atoms with Crippen LogP contribution in [0.5, 0.6) is 0 Å². The van der Waals surface area contributed by atoms with E-state index in [0.717, 1.165) is 25.1 Å². The first-order chi connectivity index (χ1) is 9.30. The van der Waals surface area contributed by atoms with Crippen molar-refractivity contribution in [3.63, 3.8) is 0 Å². The summed E-state index contributed by atoms with van der Waals surface area (Å²) in [7, 11) is 0. The predicted octanol–water partition coefficient (Wildman–Crippen LogP) is 2.31. The molecule has 0 aliphatic carbocycles. The number of hydrogen-bond acceptors (Lipinski definition) is 5. The fourth-order valence-corrected chi connectivity index (χ4v) is 2.28. The molecule has 1 aliphatic heterocycles. The summed E-state index contributed by atoms with van der Waals surface area (Å²) in [5, 5.41) is 19.9. The van der Waals surface area contributed by atoms with Crippen LogP contribution in [0.4, 0.5) is 11.5 Å². The Morgan fingerprint density at radius 1 is 1.45 bits per heavy atom. The van der Waals surface area contributed by atoms with Gasteiger partial charge >= 0.3 is 5.97 Å². The summed E-state index contributed by atoms with van der Waals surface area (Å²) >= 11 is 0. The van der Waals surface area contributed by atoms with E-state index in [4.69, 9.17) is 0 Å². The van der Waals surface area contributed by atoms with Crippen LogP contribution < -0.4 is 4.90 Å². The Hall–Kier alpha value is -2.18. The zero-order valence-corrected chi connectivity index (χ0v) is 11.5. The Morgan fingerprint density at radius 2 is 2.05 bits per heavy atom. The summed E-state index contributed by atoms with van der Waals surface area (Å²) in [6.07, 6.45) is 2.98. The van der Waals surface area contributed by atoms with E-state index >= 15 is 0 Å². The maximum absolute atomic E-state index is 11.3. The number of carboxylic acid groups (broad SMARTS) is 1. The molecule has 1 fully saturated rings. The van der Waals surface area contributed by atoms with Crippen LogP contribution in [0.15, 0.2) is 12.3 Å². The van der Waals surface area contributed by atoms with Crippen molar-refractivity contribution in [3.05, 3.63) is 27.9 Å². The second-order valence-electron chi connectivity index (χ2n) is 5.78. The van der Waals surface area contributed by atoms with Gasteiger partial charge in [0.15, 0.2) is 0 Å². The van der Waals surface area contributed by atoms with Gasteiger partial charge in [-0.25, -0.2) is 9.78 Å². The number of rotatable bonds is 3. The number of aromatic carboxylic acids is 1. The van der Waals surface area contributed by atoms with Gasteiger partial charge in [0.05, 0.1) is 4.92 Å². The van der Waals surface area contributed by atoms with E-state index in [9.17, 15) is 20.0 Å². The first kappa shape index (κ1) is 14.2. The van der Waals surface area contributed by atoms with Crippen molar-refractivity contribution in [3.8, 4) is 0 Å². The van der Waals surface area contributed by atoms with E-state index in [2.05, 4.69) is 18.8 Å². The Balaban J connectivity index is 2.32. The van der Waals surface area contributed by atoms with Crippen LogP contribution >= 0.6 is 0 Å². The monoisotopic (exact) mass is 279 g/mol. The topological polar surface area (TPSA) is 96.6 Å². The van der Waals surface area contributed by atoms with E-state index in [-0.39, 0.29) is 16.7 Å². The Labute approximate surface area is 116 Å². The van der Waals surface area contributed by atoms with Gasteiger partial charge < -0.3 is 10.0 Å². The summed E-state index contributed by atoms with van der Waals surface area (Å²) in [6.45, 7) is 5.76. The average molecular weight is 279 g/mol. The van der Waals surface area contributed by atoms with Gasteiger partial charge in [-0.15, -0.1) is 0 Å². The molecule has 0 unspecified atom stereocenters. The van der Waals surface area contributed by atoms with Gasteiger partial charge in [0.2, 0.25) is 0 Å². The van der Waals surface area contributed by atoms with Crippen molar-refractivity contribution in [2.45, 2.75) is 26.7 Å². The van der Waals surface area contributed by atoms with Gasteiger partial charge in [0, 0.05) is 19.2 Å². The van der Waals surface area contributed by atoms with Crippen molar-refractivity contribution in [2.24, 2.45) is 5.41 Å². The Morgan fingerprint density at radius 3 is 2.55 bits per heavy atom. The molecule has 1 aromatic rings. The molecule has 2 rings (SSSR count). The van der Waals surface area contributed by atoms with Crippen LogP contribution in [-0.2, 0) is 0 Å². The lowest BCUT2D eigenvalue weighted by Gasteiger charge is -2.37. The molecule has 0 aromatic carbocycles. The molecule has 0 bridgehead atoms. The molecule has 1 aromatic heterocycles. The SMILES string of the molecule is CC1(C)CCN(c2ncc([N+](=O)[O-])cc2C(=O)O)CC1. The minimum Gasteiger partial charge on any atom is -0.478 e. The highest BCUT2D eigenvalue weighted by atomic mass is 16.6. The number of nitro groups is 1. The molecule has 2 heterocycles. The summed E-state index contributed by atoms with van der Waals surface area (Å²) < 4.78 is 0. The zero-order chi connectivity index (χ0) is 14.9. The molecular formula is C13H17N3O4. The van der Waals surface area contributed by atoms with Crippen molar-refractivity contribution < 1.29 is 14.8 Å². The highest BCUT2D eigenvalue weighted by Gasteiger charge is 2.29. The highest BCUT2D eigenvalue weighted by Crippen LogP contribution is 2.33. The van der Waals surface area contributed by atoms with Crippen LogP contribution in [-0.4, -0.2) is 34.1 Å². The standard InChI is InChI=1S/C13H17N3O4/c1-13(2)3-5-15(6-4-13)11-10(12(17)18)7-9(8-14-11)16(19)20/h7-8H,3-6H2,1-2H3,(H,17,18). The van der Waals surface area contributed by atoms with E-state index in [0.29, 0.717) is 18.9 Å². The average Bonchev–Trinajstić information content (AvgIpc) is 2.38. The van der Waals surface area contributed by atoms with Crippen molar-refractivity contribution in [2.75, 3.05) is 18.0 Å². The van der Waals surface area contributed by atoms with E-state index in [1.165, 1.54) is 0 Å². The van der Waals surface area contributed by atoms with Gasteiger partial charge in [-0.1, -0.05) is 13.8 Å². The van der Waals surface area contributed by atoms with Gasteiger partial charge in [0.1, 0.15) is 17.6 Å². The second-order valence-corrected chi connectivity index (χ2v) is 5.78. The van der Waals surface area contributed by atoms with Crippen LogP contribution in [0.2, 0.25) is 0 Å². The highest BCUT2D eigenvalue weighted by molar-refractivity contribution is 5.94. The molecule has 108 valence electrons. The third kappa shape index (κ3) is 2.87. The zero-order valence-electron chi connectivity index (χ0n) is 11.5. The fraction of sp³-hybridized carbons (Fsp3) is 0.538.